The summed E-state index contributed by atoms with van der Waals surface area (Å²) in [7, 11) is 0. The fourth-order valence-corrected chi connectivity index (χ4v) is 2.72. The molecule has 3 rings (SSSR count). The van der Waals surface area contributed by atoms with E-state index in [2.05, 4.69) is 24.4 Å². The van der Waals surface area contributed by atoms with Gasteiger partial charge in [0.25, 0.3) is 5.91 Å². The van der Waals surface area contributed by atoms with Gasteiger partial charge in [-0.05, 0) is 48.4 Å². The molecular weight excluding hydrogens is 350 g/mol. The molecule has 0 fully saturated rings. The van der Waals surface area contributed by atoms with Crippen molar-refractivity contribution in [3.05, 3.63) is 90.0 Å². The first-order chi connectivity index (χ1) is 13.7. The van der Waals surface area contributed by atoms with Crippen molar-refractivity contribution in [2.24, 2.45) is 0 Å². The molecular formula is C24H25NO3. The Balaban J connectivity index is 1.52. The molecule has 3 aromatic rings. The van der Waals surface area contributed by atoms with Crippen molar-refractivity contribution in [2.45, 2.75) is 19.8 Å². The van der Waals surface area contributed by atoms with E-state index in [0.717, 1.165) is 24.3 Å². The smallest absolute Gasteiger partial charge is 0.255 e. The lowest BCUT2D eigenvalue weighted by atomic mass is 10.1. The molecule has 3 aromatic carbocycles. The second kappa shape index (κ2) is 10.2. The van der Waals surface area contributed by atoms with Gasteiger partial charge in [-0.3, -0.25) is 4.79 Å². The van der Waals surface area contributed by atoms with Crippen LogP contribution in [-0.4, -0.2) is 19.1 Å². The maximum atomic E-state index is 12.5. The number of benzene rings is 3. The molecule has 0 aliphatic carbocycles. The van der Waals surface area contributed by atoms with Crippen molar-refractivity contribution in [3.63, 3.8) is 0 Å². The van der Waals surface area contributed by atoms with Gasteiger partial charge in [-0.25, -0.2) is 0 Å². The van der Waals surface area contributed by atoms with E-state index in [0.29, 0.717) is 24.5 Å². The Morgan fingerprint density at radius 2 is 1.57 bits per heavy atom. The average Bonchev–Trinajstić information content (AvgIpc) is 2.74. The summed E-state index contributed by atoms with van der Waals surface area (Å²) in [4.78, 5) is 12.5. The number of anilines is 1. The summed E-state index contributed by atoms with van der Waals surface area (Å²) < 4.78 is 11.4. The van der Waals surface area contributed by atoms with Crippen molar-refractivity contribution < 1.29 is 14.3 Å². The highest BCUT2D eigenvalue weighted by Crippen LogP contribution is 2.19. The molecule has 4 nitrogen and oxygen atoms in total. The standard InChI is InChI=1S/C24H25NO3/c1-2-16-27-23-10-6-9-21(18-23)25-24(26)20-11-13-22(14-12-20)28-17-15-19-7-4-3-5-8-19/h3-14,18H,2,15-17H2,1H3,(H,25,26). The summed E-state index contributed by atoms with van der Waals surface area (Å²) in [5.74, 6) is 1.34. The Bertz CT molecular complexity index is 876. The molecule has 0 aliphatic rings. The molecule has 0 spiro atoms. The Morgan fingerprint density at radius 1 is 0.821 bits per heavy atom. The fraction of sp³-hybridized carbons (Fsp3) is 0.208. The third kappa shape index (κ3) is 5.88. The normalized spacial score (nSPS) is 10.3. The van der Waals surface area contributed by atoms with Gasteiger partial charge in [0.2, 0.25) is 0 Å². The summed E-state index contributed by atoms with van der Waals surface area (Å²) >= 11 is 0. The number of hydrogen-bond acceptors (Lipinski definition) is 3. The molecule has 0 saturated carbocycles. The molecule has 0 radical (unpaired) electrons. The minimum absolute atomic E-state index is 0.163. The topological polar surface area (TPSA) is 47.6 Å². The van der Waals surface area contributed by atoms with Crippen LogP contribution in [0.3, 0.4) is 0 Å². The monoisotopic (exact) mass is 375 g/mol. The van der Waals surface area contributed by atoms with Gasteiger partial charge < -0.3 is 14.8 Å². The zero-order valence-electron chi connectivity index (χ0n) is 16.1. The maximum Gasteiger partial charge on any atom is 0.255 e. The second-order valence-electron chi connectivity index (χ2n) is 6.44. The Labute approximate surface area is 166 Å². The highest BCUT2D eigenvalue weighted by molar-refractivity contribution is 6.04. The lowest BCUT2D eigenvalue weighted by molar-refractivity contribution is 0.102. The summed E-state index contributed by atoms with van der Waals surface area (Å²) in [6.45, 7) is 3.31. The van der Waals surface area contributed by atoms with Crippen LogP contribution < -0.4 is 14.8 Å². The van der Waals surface area contributed by atoms with Crippen LogP contribution in [0, 0.1) is 0 Å². The van der Waals surface area contributed by atoms with Crippen LogP contribution in [0.25, 0.3) is 0 Å². The van der Waals surface area contributed by atoms with Crippen LogP contribution >= 0.6 is 0 Å². The van der Waals surface area contributed by atoms with Crippen molar-refractivity contribution in [3.8, 4) is 11.5 Å². The van der Waals surface area contributed by atoms with E-state index >= 15 is 0 Å². The number of nitrogens with one attached hydrogen (secondary N) is 1. The number of rotatable bonds is 9. The molecule has 0 bridgehead atoms. The van der Waals surface area contributed by atoms with Crippen LogP contribution in [0.5, 0.6) is 11.5 Å². The van der Waals surface area contributed by atoms with Crippen molar-refractivity contribution in [1.82, 2.24) is 0 Å². The van der Waals surface area contributed by atoms with E-state index in [-0.39, 0.29) is 5.91 Å². The summed E-state index contributed by atoms with van der Waals surface area (Å²) in [6, 6.07) is 24.8. The molecule has 1 N–H and O–H groups in total. The zero-order valence-corrected chi connectivity index (χ0v) is 16.1. The first-order valence-electron chi connectivity index (χ1n) is 9.55. The summed E-state index contributed by atoms with van der Waals surface area (Å²) in [5, 5.41) is 2.90. The van der Waals surface area contributed by atoms with E-state index in [1.165, 1.54) is 5.56 Å². The highest BCUT2D eigenvalue weighted by atomic mass is 16.5. The lowest BCUT2D eigenvalue weighted by Crippen LogP contribution is -2.12. The third-order valence-corrected chi connectivity index (χ3v) is 4.18. The van der Waals surface area contributed by atoms with Gasteiger partial charge in [-0.2, -0.15) is 0 Å². The minimum atomic E-state index is -0.163. The molecule has 0 aliphatic heterocycles. The number of amides is 1. The van der Waals surface area contributed by atoms with Gasteiger partial charge >= 0.3 is 0 Å². The van der Waals surface area contributed by atoms with Crippen LogP contribution in [0.15, 0.2) is 78.9 Å². The van der Waals surface area contributed by atoms with E-state index in [9.17, 15) is 4.79 Å². The SMILES string of the molecule is CCCOc1cccc(NC(=O)c2ccc(OCCc3ccccc3)cc2)c1. The Hall–Kier alpha value is -3.27. The van der Waals surface area contributed by atoms with Gasteiger partial charge in [-0.15, -0.1) is 0 Å². The first-order valence-corrected chi connectivity index (χ1v) is 9.55. The Kier molecular flexibility index (Phi) is 7.08. The van der Waals surface area contributed by atoms with Gasteiger partial charge in [0.15, 0.2) is 0 Å². The molecule has 0 heterocycles. The van der Waals surface area contributed by atoms with Gasteiger partial charge in [-0.1, -0.05) is 43.3 Å². The lowest BCUT2D eigenvalue weighted by Gasteiger charge is -2.10. The molecule has 0 saturated heterocycles. The summed E-state index contributed by atoms with van der Waals surface area (Å²) in [6.07, 6.45) is 1.79. The largest absolute Gasteiger partial charge is 0.494 e. The number of hydrogen-bond donors (Lipinski definition) is 1. The minimum Gasteiger partial charge on any atom is -0.494 e. The molecule has 1 amide bonds. The van der Waals surface area contributed by atoms with E-state index in [1.807, 2.05) is 54.6 Å². The number of ether oxygens (including phenoxy) is 2. The highest BCUT2D eigenvalue weighted by Gasteiger charge is 2.07. The molecule has 144 valence electrons. The fourth-order valence-electron chi connectivity index (χ4n) is 2.72. The van der Waals surface area contributed by atoms with E-state index in [1.54, 1.807) is 12.1 Å². The van der Waals surface area contributed by atoms with Crippen molar-refractivity contribution in [1.29, 1.82) is 0 Å². The van der Waals surface area contributed by atoms with Gasteiger partial charge in [0.05, 0.1) is 13.2 Å². The van der Waals surface area contributed by atoms with Gasteiger partial charge in [0, 0.05) is 23.7 Å². The van der Waals surface area contributed by atoms with Crippen LogP contribution in [0.2, 0.25) is 0 Å². The Morgan fingerprint density at radius 3 is 2.32 bits per heavy atom. The predicted octanol–water partition coefficient (Wildman–Crippen LogP) is 5.35. The molecule has 0 atom stereocenters. The number of carbonyl (C=O) groups excluding carboxylic acids is 1. The van der Waals surface area contributed by atoms with Crippen molar-refractivity contribution in [2.75, 3.05) is 18.5 Å². The molecule has 4 heteroatoms. The third-order valence-electron chi connectivity index (χ3n) is 4.18. The maximum absolute atomic E-state index is 12.5. The van der Waals surface area contributed by atoms with Crippen molar-refractivity contribution >= 4 is 11.6 Å². The molecule has 0 aromatic heterocycles. The quantitative estimate of drug-likeness (QED) is 0.548. The van der Waals surface area contributed by atoms with E-state index < -0.39 is 0 Å². The second-order valence-corrected chi connectivity index (χ2v) is 6.44. The molecule has 0 unspecified atom stereocenters. The average molecular weight is 375 g/mol. The molecule has 28 heavy (non-hydrogen) atoms. The van der Waals surface area contributed by atoms with E-state index in [4.69, 9.17) is 9.47 Å². The number of carbonyl (C=O) groups is 1. The van der Waals surface area contributed by atoms with Crippen LogP contribution in [0.4, 0.5) is 5.69 Å². The zero-order chi connectivity index (χ0) is 19.6. The predicted molar refractivity (Wildman–Crippen MR) is 112 cm³/mol. The summed E-state index contributed by atoms with van der Waals surface area (Å²) in [5.41, 5.74) is 2.53. The first kappa shape index (κ1) is 19.5. The van der Waals surface area contributed by atoms with Crippen LogP contribution in [0.1, 0.15) is 29.3 Å². The van der Waals surface area contributed by atoms with Gasteiger partial charge in [0.1, 0.15) is 11.5 Å². The van der Waals surface area contributed by atoms with Crippen LogP contribution in [-0.2, 0) is 6.42 Å².